The summed E-state index contributed by atoms with van der Waals surface area (Å²) < 4.78 is 6.98. The Morgan fingerprint density at radius 1 is 0.359 bits per heavy atom. The fourth-order valence-corrected chi connectivity index (χ4v) is 9.14. The molecule has 1 aliphatic rings. The Bertz CT molecular complexity index is 3320. The molecule has 0 bridgehead atoms. The maximum Gasteiger partial charge on any atom is 0.164 e. The quantitative estimate of drug-likeness (QED) is 0.153. The molecular weight excluding hydrogens is 781 g/mol. The van der Waals surface area contributed by atoms with E-state index in [1.807, 2.05) is 84.9 Å². The molecule has 5 heteroatoms. The molecule has 10 aromatic rings. The summed E-state index contributed by atoms with van der Waals surface area (Å²) in [4.78, 5) is 15.1. The van der Waals surface area contributed by atoms with Gasteiger partial charge >= 0.3 is 0 Å². The molecule has 0 fully saturated rings. The van der Waals surface area contributed by atoms with Crippen molar-refractivity contribution in [2.45, 2.75) is 5.41 Å². The van der Waals surface area contributed by atoms with E-state index in [1.54, 1.807) is 0 Å². The summed E-state index contributed by atoms with van der Waals surface area (Å²) in [6.45, 7) is 0. The van der Waals surface area contributed by atoms with Gasteiger partial charge in [0.05, 0.1) is 17.0 Å². The van der Waals surface area contributed by atoms with Crippen LogP contribution in [0.1, 0.15) is 27.8 Å². The Hall–Kier alpha value is -8.72. The molecule has 1 aliphatic heterocycles. The first-order chi connectivity index (χ1) is 31.7. The minimum atomic E-state index is -0.610. The molecule has 300 valence electrons. The number of aromatic nitrogens is 3. The molecule has 0 N–H and O–H groups in total. The number of hydrogen-bond acceptors (Lipinski definition) is 5. The molecule has 0 radical (unpaired) electrons. The third kappa shape index (κ3) is 6.71. The highest BCUT2D eigenvalue weighted by atomic mass is 16.5. The maximum atomic E-state index is 9.73. The van der Waals surface area contributed by atoms with Crippen LogP contribution in [0.15, 0.2) is 231 Å². The molecule has 2 heterocycles. The van der Waals surface area contributed by atoms with Crippen molar-refractivity contribution in [1.29, 1.82) is 5.26 Å². The predicted octanol–water partition coefficient (Wildman–Crippen LogP) is 14.2. The van der Waals surface area contributed by atoms with E-state index in [1.165, 1.54) is 11.1 Å². The summed E-state index contributed by atoms with van der Waals surface area (Å²) in [6, 6.07) is 81.5. The first kappa shape index (κ1) is 38.2. The lowest BCUT2D eigenvalue weighted by molar-refractivity contribution is 0.436. The van der Waals surface area contributed by atoms with Crippen LogP contribution in [-0.2, 0) is 5.41 Å². The Balaban J connectivity index is 1.00. The van der Waals surface area contributed by atoms with E-state index in [0.717, 1.165) is 72.7 Å². The molecule has 64 heavy (non-hydrogen) atoms. The second-order valence-corrected chi connectivity index (χ2v) is 15.8. The molecule has 11 rings (SSSR count). The van der Waals surface area contributed by atoms with Crippen molar-refractivity contribution in [3.05, 3.63) is 258 Å². The zero-order valence-electron chi connectivity index (χ0n) is 34.6. The Morgan fingerprint density at radius 2 is 0.812 bits per heavy atom. The van der Waals surface area contributed by atoms with Crippen LogP contribution >= 0.6 is 0 Å². The molecule has 0 unspecified atom stereocenters. The third-order valence-electron chi connectivity index (χ3n) is 12.1. The van der Waals surface area contributed by atoms with E-state index in [-0.39, 0.29) is 0 Å². The molecule has 0 saturated carbocycles. The minimum absolute atomic E-state index is 0.564. The number of benzene rings is 9. The van der Waals surface area contributed by atoms with E-state index in [2.05, 4.69) is 152 Å². The zero-order valence-corrected chi connectivity index (χ0v) is 34.6. The van der Waals surface area contributed by atoms with Crippen LogP contribution in [0.4, 0.5) is 0 Å². The van der Waals surface area contributed by atoms with E-state index < -0.39 is 5.41 Å². The number of rotatable bonds is 8. The summed E-state index contributed by atoms with van der Waals surface area (Å²) in [7, 11) is 0. The topological polar surface area (TPSA) is 71.7 Å². The van der Waals surface area contributed by atoms with Crippen LogP contribution in [0.3, 0.4) is 0 Å². The van der Waals surface area contributed by atoms with E-state index in [9.17, 15) is 5.26 Å². The van der Waals surface area contributed by atoms with Gasteiger partial charge in [-0.1, -0.05) is 206 Å². The summed E-state index contributed by atoms with van der Waals surface area (Å²) in [5.74, 6) is 3.40. The fraction of sp³-hybridized carbons (Fsp3) is 0.0169. The van der Waals surface area contributed by atoms with Crippen molar-refractivity contribution in [1.82, 2.24) is 15.0 Å². The lowest BCUT2D eigenvalue weighted by Crippen LogP contribution is -2.34. The number of nitriles is 1. The second-order valence-electron chi connectivity index (χ2n) is 15.8. The molecule has 1 aromatic heterocycles. The highest BCUT2D eigenvalue weighted by Crippen LogP contribution is 2.57. The molecule has 0 saturated heterocycles. The van der Waals surface area contributed by atoms with Gasteiger partial charge in [0, 0.05) is 33.4 Å². The standard InChI is InChI=1S/C59H38N4O/c60-39-47-19-10-11-28-50(47)40-33-35-42(36-34-40)57-61-56(41-17-4-1-5-18-41)62-58(63-57)46-23-15-21-44(38-46)43-20-14-22-45(37-43)51-29-16-31-53-55(51)64-54-32-13-12-30-52(54)59(53,48-24-6-2-7-25-48)49-26-8-3-9-27-49/h1-38H. The van der Waals surface area contributed by atoms with E-state index in [0.29, 0.717) is 23.0 Å². The molecular formula is C59H38N4O. The molecule has 0 atom stereocenters. The first-order valence-electron chi connectivity index (χ1n) is 21.3. The van der Waals surface area contributed by atoms with Gasteiger partial charge in [0.15, 0.2) is 17.5 Å². The first-order valence-corrected chi connectivity index (χ1v) is 21.3. The van der Waals surface area contributed by atoms with Crippen LogP contribution in [-0.4, -0.2) is 15.0 Å². The van der Waals surface area contributed by atoms with Crippen molar-refractivity contribution in [3.8, 4) is 85.1 Å². The predicted molar refractivity (Wildman–Crippen MR) is 256 cm³/mol. The normalized spacial score (nSPS) is 12.3. The monoisotopic (exact) mass is 818 g/mol. The van der Waals surface area contributed by atoms with Crippen molar-refractivity contribution in [2.75, 3.05) is 0 Å². The van der Waals surface area contributed by atoms with Gasteiger partial charge in [-0.05, 0) is 63.2 Å². The van der Waals surface area contributed by atoms with Gasteiger partial charge < -0.3 is 4.74 Å². The summed E-state index contributed by atoms with van der Waals surface area (Å²) in [5.41, 5.74) is 13.2. The lowest BCUT2D eigenvalue weighted by Gasteiger charge is -2.42. The minimum Gasteiger partial charge on any atom is -0.456 e. The zero-order chi connectivity index (χ0) is 42.9. The van der Waals surface area contributed by atoms with Gasteiger partial charge in [-0.2, -0.15) is 5.26 Å². The number of hydrogen-bond donors (Lipinski definition) is 0. The van der Waals surface area contributed by atoms with Gasteiger partial charge in [0.2, 0.25) is 0 Å². The van der Waals surface area contributed by atoms with Gasteiger partial charge in [-0.15, -0.1) is 0 Å². The van der Waals surface area contributed by atoms with Crippen molar-refractivity contribution >= 4 is 0 Å². The Morgan fingerprint density at radius 3 is 1.48 bits per heavy atom. The van der Waals surface area contributed by atoms with Crippen LogP contribution in [0, 0.1) is 11.3 Å². The van der Waals surface area contributed by atoms with Crippen molar-refractivity contribution in [3.63, 3.8) is 0 Å². The van der Waals surface area contributed by atoms with Crippen molar-refractivity contribution in [2.24, 2.45) is 0 Å². The van der Waals surface area contributed by atoms with Gasteiger partial charge in [0.25, 0.3) is 0 Å². The van der Waals surface area contributed by atoms with E-state index >= 15 is 0 Å². The second kappa shape index (κ2) is 16.3. The summed E-state index contributed by atoms with van der Waals surface area (Å²) in [5, 5.41) is 9.73. The largest absolute Gasteiger partial charge is 0.456 e. The molecule has 0 amide bonds. The number of fused-ring (bicyclic) bond motifs is 2. The maximum absolute atomic E-state index is 9.73. The number of nitrogens with zero attached hydrogens (tertiary/aromatic N) is 4. The van der Waals surface area contributed by atoms with Gasteiger partial charge in [0.1, 0.15) is 11.5 Å². The Kier molecular flexibility index (Phi) is 9.72. The summed E-state index contributed by atoms with van der Waals surface area (Å²) >= 11 is 0. The third-order valence-corrected chi connectivity index (χ3v) is 12.1. The van der Waals surface area contributed by atoms with Crippen LogP contribution in [0.25, 0.3) is 67.5 Å². The van der Waals surface area contributed by atoms with Crippen LogP contribution in [0.5, 0.6) is 11.5 Å². The smallest absolute Gasteiger partial charge is 0.164 e. The Labute approximate surface area is 372 Å². The van der Waals surface area contributed by atoms with Crippen molar-refractivity contribution < 1.29 is 4.74 Å². The fourth-order valence-electron chi connectivity index (χ4n) is 9.14. The van der Waals surface area contributed by atoms with Gasteiger partial charge in [-0.3, -0.25) is 0 Å². The molecule has 0 aliphatic carbocycles. The number of ether oxygens (including phenoxy) is 1. The highest BCUT2D eigenvalue weighted by Gasteiger charge is 2.45. The molecule has 9 aromatic carbocycles. The average molecular weight is 819 g/mol. The van der Waals surface area contributed by atoms with Crippen LogP contribution in [0.2, 0.25) is 0 Å². The summed E-state index contributed by atoms with van der Waals surface area (Å²) in [6.07, 6.45) is 0. The van der Waals surface area contributed by atoms with E-state index in [4.69, 9.17) is 19.7 Å². The SMILES string of the molecule is N#Cc1ccccc1-c1ccc(-c2nc(-c3ccccc3)nc(-c3cccc(-c4cccc(-c5cccc6c5Oc5ccccc5C6(c5ccccc5)c5ccccc5)c4)c3)n2)cc1. The van der Waals surface area contributed by atoms with Gasteiger partial charge in [-0.25, -0.2) is 15.0 Å². The molecule has 5 nitrogen and oxygen atoms in total. The highest BCUT2D eigenvalue weighted by molar-refractivity contribution is 5.83. The number of para-hydroxylation sites is 2. The molecule has 0 spiro atoms. The van der Waals surface area contributed by atoms with Crippen LogP contribution < -0.4 is 4.74 Å². The lowest BCUT2D eigenvalue weighted by atomic mass is 9.63. The average Bonchev–Trinajstić information content (AvgIpc) is 3.38.